The van der Waals surface area contributed by atoms with Crippen LogP contribution < -0.4 is 11.1 Å². The molecule has 2 amide bonds. The van der Waals surface area contributed by atoms with Crippen molar-refractivity contribution in [3.63, 3.8) is 0 Å². The van der Waals surface area contributed by atoms with Crippen molar-refractivity contribution in [2.45, 2.75) is 19.0 Å². The highest BCUT2D eigenvalue weighted by atomic mass is 35.5. The average Bonchev–Trinajstić information content (AvgIpc) is 2.31. The van der Waals surface area contributed by atoms with Gasteiger partial charge >= 0.3 is 6.03 Å². The number of azo groups is 1. The Morgan fingerprint density at radius 2 is 2.36 bits per heavy atom. The zero-order valence-electron chi connectivity index (χ0n) is 5.99. The van der Waals surface area contributed by atoms with Crippen molar-refractivity contribution in [3.8, 4) is 0 Å². The molecule has 0 aliphatic carbocycles. The topological polar surface area (TPSA) is 79.8 Å². The van der Waals surface area contributed by atoms with Crippen LogP contribution in [0.1, 0.15) is 12.8 Å². The van der Waals surface area contributed by atoms with Gasteiger partial charge in [0.1, 0.15) is 6.17 Å². The largest absolute Gasteiger partial charge is 0.361 e. The Hall–Kier alpha value is -0.680. The van der Waals surface area contributed by atoms with Crippen LogP contribution in [0.15, 0.2) is 10.2 Å². The third kappa shape index (κ3) is 3.29. The lowest BCUT2D eigenvalue weighted by molar-refractivity contribution is 0.250. The fourth-order valence-corrected chi connectivity index (χ4v) is 0.763. The smallest absolute Gasteiger partial charge is 0.330 e. The summed E-state index contributed by atoms with van der Waals surface area (Å²) in [5.74, 6) is 0. The highest BCUT2D eigenvalue weighted by molar-refractivity contribution is 5.85. The van der Waals surface area contributed by atoms with E-state index in [0.717, 1.165) is 12.8 Å². The van der Waals surface area contributed by atoms with Crippen LogP contribution in [0.2, 0.25) is 0 Å². The molecule has 3 N–H and O–H groups in total. The maximum absolute atomic E-state index is 10.4. The molecule has 1 atom stereocenters. The molecule has 0 aromatic rings. The standard InChI is InChI=1S/C5H10N4O.ClH/c6-3-1-2-4-7-5(10)9-8-4;/h4H,1-3,6H2,(H,7,10);1H. The molecule has 0 aromatic carbocycles. The van der Waals surface area contributed by atoms with E-state index >= 15 is 0 Å². The highest BCUT2D eigenvalue weighted by Gasteiger charge is 2.15. The first-order chi connectivity index (χ1) is 4.83. The number of carbonyl (C=O) groups is 1. The van der Waals surface area contributed by atoms with Crippen LogP contribution >= 0.6 is 12.4 Å². The minimum atomic E-state index is -0.345. The summed E-state index contributed by atoms with van der Waals surface area (Å²) in [5, 5.41) is 9.53. The zero-order valence-corrected chi connectivity index (χ0v) is 6.80. The lowest BCUT2D eigenvalue weighted by atomic mass is 10.2. The highest BCUT2D eigenvalue weighted by Crippen LogP contribution is 2.04. The average molecular weight is 179 g/mol. The number of amides is 2. The normalized spacial score (nSPS) is 21.2. The fraction of sp³-hybridized carbons (Fsp3) is 0.800. The number of hydrogen-bond acceptors (Lipinski definition) is 3. The number of nitrogens with zero attached hydrogens (tertiary/aromatic N) is 2. The van der Waals surface area contributed by atoms with E-state index < -0.39 is 0 Å². The molecule has 0 spiro atoms. The Morgan fingerprint density at radius 1 is 1.64 bits per heavy atom. The predicted octanol–water partition coefficient (Wildman–Crippen LogP) is 0.649. The molecule has 1 aliphatic rings. The van der Waals surface area contributed by atoms with Gasteiger partial charge in [0.25, 0.3) is 0 Å². The van der Waals surface area contributed by atoms with Gasteiger partial charge in [-0.1, -0.05) is 5.11 Å². The van der Waals surface area contributed by atoms with Crippen molar-refractivity contribution in [1.29, 1.82) is 0 Å². The lowest BCUT2D eigenvalue weighted by Gasteiger charge is -2.02. The molecule has 0 fully saturated rings. The van der Waals surface area contributed by atoms with E-state index in [1.165, 1.54) is 0 Å². The second kappa shape index (κ2) is 5.03. The van der Waals surface area contributed by atoms with E-state index in [0.29, 0.717) is 6.54 Å². The van der Waals surface area contributed by atoms with Gasteiger partial charge in [-0.2, -0.15) is 5.11 Å². The summed E-state index contributed by atoms with van der Waals surface area (Å²) in [4.78, 5) is 10.4. The van der Waals surface area contributed by atoms with Crippen molar-refractivity contribution in [1.82, 2.24) is 5.32 Å². The summed E-state index contributed by atoms with van der Waals surface area (Å²) < 4.78 is 0. The van der Waals surface area contributed by atoms with Gasteiger partial charge in [-0.25, -0.2) is 4.79 Å². The molecule has 0 bridgehead atoms. The summed E-state index contributed by atoms with van der Waals surface area (Å²) in [6.45, 7) is 0.627. The van der Waals surface area contributed by atoms with Crippen molar-refractivity contribution in [3.05, 3.63) is 0 Å². The molecule has 0 saturated heterocycles. The number of nitrogens with one attached hydrogen (secondary N) is 1. The minimum Gasteiger partial charge on any atom is -0.330 e. The molecule has 0 radical (unpaired) electrons. The molecule has 6 heteroatoms. The van der Waals surface area contributed by atoms with E-state index in [4.69, 9.17) is 5.73 Å². The van der Waals surface area contributed by atoms with Gasteiger partial charge in [-0.3, -0.25) is 0 Å². The molecule has 1 heterocycles. The van der Waals surface area contributed by atoms with Crippen molar-refractivity contribution in [2.24, 2.45) is 16.0 Å². The first kappa shape index (κ1) is 10.3. The van der Waals surface area contributed by atoms with Crippen molar-refractivity contribution < 1.29 is 4.79 Å². The second-order valence-corrected chi connectivity index (χ2v) is 2.11. The van der Waals surface area contributed by atoms with E-state index in [2.05, 4.69) is 15.5 Å². The van der Waals surface area contributed by atoms with E-state index in [-0.39, 0.29) is 24.6 Å². The minimum absolute atomic E-state index is 0. The number of rotatable bonds is 3. The van der Waals surface area contributed by atoms with Gasteiger partial charge in [0.15, 0.2) is 0 Å². The molecule has 11 heavy (non-hydrogen) atoms. The first-order valence-electron chi connectivity index (χ1n) is 3.24. The summed E-state index contributed by atoms with van der Waals surface area (Å²) in [7, 11) is 0. The molecule has 5 nitrogen and oxygen atoms in total. The van der Waals surface area contributed by atoms with Crippen LogP contribution in [0.4, 0.5) is 4.79 Å². The van der Waals surface area contributed by atoms with Crippen LogP contribution in [0.5, 0.6) is 0 Å². The molecule has 1 rings (SSSR count). The second-order valence-electron chi connectivity index (χ2n) is 2.11. The first-order valence-corrected chi connectivity index (χ1v) is 3.24. The SMILES string of the molecule is Cl.NCCCC1N=NC(=O)N1. The third-order valence-corrected chi connectivity index (χ3v) is 1.26. The van der Waals surface area contributed by atoms with Crippen molar-refractivity contribution in [2.75, 3.05) is 6.54 Å². The Kier molecular flexibility index (Phi) is 4.72. The lowest BCUT2D eigenvalue weighted by Crippen LogP contribution is -2.25. The Balaban J connectivity index is 0.000001000. The molecule has 64 valence electrons. The van der Waals surface area contributed by atoms with Gasteiger partial charge in [0.2, 0.25) is 0 Å². The Bertz CT molecular complexity index is 161. The monoisotopic (exact) mass is 178 g/mol. The molecule has 1 unspecified atom stereocenters. The van der Waals surface area contributed by atoms with E-state index in [1.807, 2.05) is 0 Å². The Morgan fingerprint density at radius 3 is 2.82 bits per heavy atom. The summed E-state index contributed by atoms with van der Waals surface area (Å²) in [5.41, 5.74) is 5.26. The van der Waals surface area contributed by atoms with Crippen LogP contribution in [0, 0.1) is 0 Å². The number of hydrogen-bond donors (Lipinski definition) is 2. The molecular formula is C5H11ClN4O. The third-order valence-electron chi connectivity index (χ3n) is 1.26. The summed E-state index contributed by atoms with van der Waals surface area (Å²) in [6.07, 6.45) is 1.52. The summed E-state index contributed by atoms with van der Waals surface area (Å²) >= 11 is 0. The number of halogens is 1. The maximum atomic E-state index is 10.4. The van der Waals surface area contributed by atoms with Gasteiger partial charge in [0.05, 0.1) is 0 Å². The predicted molar refractivity (Wildman–Crippen MR) is 42.7 cm³/mol. The van der Waals surface area contributed by atoms with Gasteiger partial charge in [-0.05, 0) is 19.4 Å². The molecule has 1 aliphatic heterocycles. The number of carbonyl (C=O) groups excluding carboxylic acids is 1. The van der Waals surface area contributed by atoms with Crippen molar-refractivity contribution >= 4 is 18.4 Å². The van der Waals surface area contributed by atoms with Gasteiger partial charge < -0.3 is 11.1 Å². The quantitative estimate of drug-likeness (QED) is 0.666. The van der Waals surface area contributed by atoms with Crippen LogP contribution in [-0.4, -0.2) is 18.7 Å². The Labute approximate surface area is 70.8 Å². The van der Waals surface area contributed by atoms with Crippen LogP contribution in [0.25, 0.3) is 0 Å². The molecular weight excluding hydrogens is 168 g/mol. The zero-order chi connectivity index (χ0) is 7.40. The van der Waals surface area contributed by atoms with Crippen LogP contribution in [0.3, 0.4) is 0 Å². The van der Waals surface area contributed by atoms with Gasteiger partial charge in [-0.15, -0.1) is 12.4 Å². The van der Waals surface area contributed by atoms with Crippen LogP contribution in [-0.2, 0) is 0 Å². The molecule has 0 saturated carbocycles. The number of nitrogens with two attached hydrogens (primary N) is 1. The van der Waals surface area contributed by atoms with Gasteiger partial charge in [0, 0.05) is 0 Å². The molecule has 0 aromatic heterocycles. The van der Waals surface area contributed by atoms with E-state index in [1.54, 1.807) is 0 Å². The fourth-order valence-electron chi connectivity index (χ4n) is 0.763. The van der Waals surface area contributed by atoms with E-state index in [9.17, 15) is 4.79 Å². The number of urea groups is 1. The maximum Gasteiger partial charge on any atom is 0.361 e. The summed E-state index contributed by atoms with van der Waals surface area (Å²) in [6, 6.07) is -0.345.